The second-order valence-corrected chi connectivity index (χ2v) is 9.95. The summed E-state index contributed by atoms with van der Waals surface area (Å²) in [5.74, 6) is -0.180. The third-order valence-electron chi connectivity index (χ3n) is 5.99. The van der Waals surface area contributed by atoms with Crippen LogP contribution in [-0.4, -0.2) is 70.3 Å². The van der Waals surface area contributed by atoms with Gasteiger partial charge in [0.25, 0.3) is 0 Å². The molecule has 2 amide bonds. The zero-order valence-corrected chi connectivity index (χ0v) is 19.9. The maximum Gasteiger partial charge on any atom is 0.407 e. The Morgan fingerprint density at radius 2 is 1.79 bits per heavy atom. The maximum atomic E-state index is 13.1. The fourth-order valence-corrected chi connectivity index (χ4v) is 5.97. The lowest BCUT2D eigenvalue weighted by Crippen LogP contribution is -2.52. The van der Waals surface area contributed by atoms with Crippen molar-refractivity contribution >= 4 is 41.5 Å². The number of carboxylic acids is 1. The zero-order chi connectivity index (χ0) is 23.4. The van der Waals surface area contributed by atoms with E-state index in [-0.39, 0.29) is 18.4 Å². The van der Waals surface area contributed by atoms with Crippen molar-refractivity contribution in [3.8, 4) is 11.1 Å². The topological polar surface area (TPSA) is 95.9 Å². The number of nitrogens with zero attached hydrogens (tertiary/aromatic N) is 1. The normalized spacial score (nSPS) is 17.8. The highest BCUT2D eigenvalue weighted by Gasteiger charge is 2.38. The summed E-state index contributed by atoms with van der Waals surface area (Å²) in [6.07, 6.45) is 1.65. The Morgan fingerprint density at radius 1 is 1.15 bits per heavy atom. The van der Waals surface area contributed by atoms with E-state index < -0.39 is 24.1 Å². The van der Waals surface area contributed by atoms with E-state index in [4.69, 9.17) is 4.74 Å². The van der Waals surface area contributed by atoms with Gasteiger partial charge in [-0.1, -0.05) is 48.5 Å². The Labute approximate surface area is 201 Å². The SMILES string of the molecule is CSCC[C@H](NC(=O)OCC1c2ccccc2-c2ccccc21)C(=O)N1CSC[C@H]1C(=O)O. The van der Waals surface area contributed by atoms with Crippen LogP contribution in [-0.2, 0) is 14.3 Å². The van der Waals surface area contributed by atoms with Crippen LogP contribution in [0, 0.1) is 0 Å². The van der Waals surface area contributed by atoms with E-state index in [0.717, 1.165) is 22.3 Å². The minimum absolute atomic E-state index is 0.0742. The van der Waals surface area contributed by atoms with E-state index in [1.807, 2.05) is 42.7 Å². The molecular weight excluding hydrogens is 460 g/mol. The van der Waals surface area contributed by atoms with Gasteiger partial charge in [-0.05, 0) is 40.7 Å². The second-order valence-electron chi connectivity index (χ2n) is 7.97. The van der Waals surface area contributed by atoms with Gasteiger partial charge in [0.1, 0.15) is 18.7 Å². The van der Waals surface area contributed by atoms with E-state index in [1.165, 1.54) is 16.7 Å². The molecule has 0 radical (unpaired) electrons. The standard InChI is InChI=1S/C24H26N2O5S2/c1-32-11-10-20(22(27)26-14-33-13-21(26)23(28)29)25-24(30)31-12-19-17-8-4-2-6-15(17)16-7-3-5-9-18(16)19/h2-9,19-21H,10-14H2,1H3,(H,25,30)(H,28,29)/t20-,21-/m0/s1. The molecule has 1 aliphatic carbocycles. The monoisotopic (exact) mass is 486 g/mol. The molecule has 1 aliphatic heterocycles. The second kappa shape index (κ2) is 10.5. The predicted molar refractivity (Wildman–Crippen MR) is 131 cm³/mol. The summed E-state index contributed by atoms with van der Waals surface area (Å²) in [5, 5.41) is 12.1. The molecule has 2 N–H and O–H groups in total. The molecule has 9 heteroatoms. The molecule has 1 fully saturated rings. The molecule has 2 atom stereocenters. The summed E-state index contributed by atoms with van der Waals surface area (Å²) in [4.78, 5) is 38.6. The molecule has 1 saturated heterocycles. The molecule has 1 heterocycles. The van der Waals surface area contributed by atoms with Crippen molar-refractivity contribution in [2.24, 2.45) is 0 Å². The molecule has 4 rings (SSSR count). The van der Waals surface area contributed by atoms with Crippen LogP contribution in [0.15, 0.2) is 48.5 Å². The minimum atomic E-state index is -1.03. The van der Waals surface area contributed by atoms with E-state index in [2.05, 4.69) is 17.4 Å². The number of hydrogen-bond donors (Lipinski definition) is 2. The fraction of sp³-hybridized carbons (Fsp3) is 0.375. The van der Waals surface area contributed by atoms with Gasteiger partial charge in [-0.2, -0.15) is 11.8 Å². The Hall–Kier alpha value is -2.65. The van der Waals surface area contributed by atoms with Gasteiger partial charge in [0, 0.05) is 11.7 Å². The fourth-order valence-electron chi connectivity index (χ4n) is 4.34. The van der Waals surface area contributed by atoms with Crippen molar-refractivity contribution in [3.63, 3.8) is 0 Å². The number of carbonyl (C=O) groups is 3. The number of ether oxygens (including phenoxy) is 1. The average Bonchev–Trinajstić information content (AvgIpc) is 3.43. The first-order valence-corrected chi connectivity index (χ1v) is 13.3. The van der Waals surface area contributed by atoms with Crippen LogP contribution >= 0.6 is 23.5 Å². The quantitative estimate of drug-likeness (QED) is 0.588. The smallest absolute Gasteiger partial charge is 0.407 e. The van der Waals surface area contributed by atoms with Gasteiger partial charge < -0.3 is 20.1 Å². The number of carbonyl (C=O) groups excluding carboxylic acids is 2. The number of fused-ring (bicyclic) bond motifs is 3. The van der Waals surface area contributed by atoms with E-state index in [1.54, 1.807) is 11.8 Å². The van der Waals surface area contributed by atoms with Crippen molar-refractivity contribution in [2.75, 3.05) is 30.2 Å². The first-order chi connectivity index (χ1) is 16.0. The van der Waals surface area contributed by atoms with Crippen LogP contribution < -0.4 is 5.32 Å². The minimum Gasteiger partial charge on any atom is -0.480 e. The lowest BCUT2D eigenvalue weighted by Gasteiger charge is -2.26. The first kappa shape index (κ1) is 23.5. The van der Waals surface area contributed by atoms with Crippen molar-refractivity contribution in [1.82, 2.24) is 10.2 Å². The summed E-state index contributed by atoms with van der Waals surface area (Å²) < 4.78 is 5.59. The lowest BCUT2D eigenvalue weighted by atomic mass is 9.98. The van der Waals surface area contributed by atoms with Crippen LogP contribution in [0.1, 0.15) is 23.5 Å². The molecule has 174 valence electrons. The van der Waals surface area contributed by atoms with Crippen molar-refractivity contribution in [2.45, 2.75) is 24.4 Å². The molecule has 0 bridgehead atoms. The Morgan fingerprint density at radius 3 is 2.39 bits per heavy atom. The summed E-state index contributed by atoms with van der Waals surface area (Å²) in [5.41, 5.74) is 4.50. The number of rotatable bonds is 8. The van der Waals surface area contributed by atoms with Gasteiger partial charge in [0.05, 0.1) is 5.88 Å². The van der Waals surface area contributed by atoms with Gasteiger partial charge in [0.2, 0.25) is 5.91 Å². The molecule has 2 aromatic carbocycles. The van der Waals surface area contributed by atoms with E-state index in [9.17, 15) is 19.5 Å². The number of nitrogens with one attached hydrogen (secondary N) is 1. The van der Waals surface area contributed by atoms with Crippen LogP contribution in [0.4, 0.5) is 4.79 Å². The summed E-state index contributed by atoms with van der Waals surface area (Å²) in [6.45, 7) is 0.153. The third kappa shape index (κ3) is 4.99. The van der Waals surface area contributed by atoms with Crippen LogP contribution in [0.5, 0.6) is 0 Å². The van der Waals surface area contributed by atoms with E-state index in [0.29, 0.717) is 23.8 Å². The van der Waals surface area contributed by atoms with Crippen LogP contribution in [0.3, 0.4) is 0 Å². The van der Waals surface area contributed by atoms with Gasteiger partial charge >= 0.3 is 12.1 Å². The summed E-state index contributed by atoms with van der Waals surface area (Å²) in [7, 11) is 0. The van der Waals surface area contributed by atoms with Crippen molar-refractivity contribution < 1.29 is 24.2 Å². The zero-order valence-electron chi connectivity index (χ0n) is 18.2. The summed E-state index contributed by atoms with van der Waals surface area (Å²) >= 11 is 2.95. The van der Waals surface area contributed by atoms with Crippen molar-refractivity contribution in [3.05, 3.63) is 59.7 Å². The number of amides is 2. The van der Waals surface area contributed by atoms with Crippen LogP contribution in [0.25, 0.3) is 11.1 Å². The molecular formula is C24H26N2O5S2. The molecule has 2 aliphatic rings. The van der Waals surface area contributed by atoms with Crippen molar-refractivity contribution in [1.29, 1.82) is 0 Å². The highest BCUT2D eigenvalue weighted by Crippen LogP contribution is 2.44. The Kier molecular flexibility index (Phi) is 7.49. The molecule has 2 aromatic rings. The van der Waals surface area contributed by atoms with Gasteiger partial charge in [-0.15, -0.1) is 11.8 Å². The van der Waals surface area contributed by atoms with Crippen LogP contribution in [0.2, 0.25) is 0 Å². The van der Waals surface area contributed by atoms with Gasteiger partial charge in [-0.25, -0.2) is 9.59 Å². The lowest BCUT2D eigenvalue weighted by molar-refractivity contribution is -0.148. The molecule has 33 heavy (non-hydrogen) atoms. The highest BCUT2D eigenvalue weighted by molar-refractivity contribution is 7.99. The average molecular weight is 487 g/mol. The molecule has 0 unspecified atom stereocenters. The Bertz CT molecular complexity index is 1000. The maximum absolute atomic E-state index is 13.1. The Balaban J connectivity index is 1.43. The number of thioether (sulfide) groups is 2. The highest BCUT2D eigenvalue weighted by atomic mass is 32.2. The summed E-state index contributed by atoms with van der Waals surface area (Å²) in [6, 6.07) is 14.5. The van der Waals surface area contributed by atoms with Gasteiger partial charge in [0.15, 0.2) is 0 Å². The first-order valence-electron chi connectivity index (χ1n) is 10.7. The number of hydrogen-bond acceptors (Lipinski definition) is 6. The molecule has 7 nitrogen and oxygen atoms in total. The third-order valence-corrected chi connectivity index (χ3v) is 7.65. The van der Waals surface area contributed by atoms with Gasteiger partial charge in [-0.3, -0.25) is 4.79 Å². The molecule has 0 spiro atoms. The number of benzene rings is 2. The number of alkyl carbamates (subject to hydrolysis) is 1. The number of aliphatic carboxylic acids is 1. The molecule has 0 saturated carbocycles. The largest absolute Gasteiger partial charge is 0.480 e. The molecule has 0 aromatic heterocycles. The number of carboxylic acid groups (broad SMARTS) is 1. The van der Waals surface area contributed by atoms with E-state index >= 15 is 0 Å². The predicted octanol–water partition coefficient (Wildman–Crippen LogP) is 3.63.